The summed E-state index contributed by atoms with van der Waals surface area (Å²) in [5.74, 6) is -0.479. The summed E-state index contributed by atoms with van der Waals surface area (Å²) >= 11 is 0. The van der Waals surface area contributed by atoms with E-state index in [-0.39, 0.29) is 31.6 Å². The Morgan fingerprint density at radius 3 is 2.29 bits per heavy atom. The third-order valence-electron chi connectivity index (χ3n) is 2.27. The van der Waals surface area contributed by atoms with Gasteiger partial charge in [0.05, 0.1) is 18.8 Å². The minimum Gasteiger partial charge on any atom is -0.394 e. The van der Waals surface area contributed by atoms with Crippen LogP contribution >= 0.6 is 0 Å². The van der Waals surface area contributed by atoms with Crippen molar-refractivity contribution in [3.8, 4) is 0 Å². The van der Waals surface area contributed by atoms with Gasteiger partial charge in [0, 0.05) is 12.5 Å². The van der Waals surface area contributed by atoms with Crippen LogP contribution in [0, 0.1) is 5.92 Å². The molecule has 0 aromatic carbocycles. The van der Waals surface area contributed by atoms with Crippen LogP contribution in [0.3, 0.4) is 0 Å². The maximum atomic E-state index is 11.5. The Morgan fingerprint density at radius 1 is 1.50 bits per heavy atom. The van der Waals surface area contributed by atoms with Crippen LogP contribution in [0.15, 0.2) is 0 Å². The summed E-state index contributed by atoms with van der Waals surface area (Å²) in [6.07, 6.45) is 0.648. The molecule has 0 aliphatic rings. The molecule has 0 saturated carbocycles. The van der Waals surface area contributed by atoms with Crippen molar-refractivity contribution in [2.75, 3.05) is 19.8 Å². The van der Waals surface area contributed by atoms with Gasteiger partial charge in [0.15, 0.2) is 0 Å². The maximum absolute atomic E-state index is 11.5. The van der Waals surface area contributed by atoms with Gasteiger partial charge in [0.2, 0.25) is 5.91 Å². The topological polar surface area (TPSA) is 95.6 Å². The highest BCUT2D eigenvalue weighted by Gasteiger charge is 2.27. The molecule has 5 N–H and O–H groups in total. The van der Waals surface area contributed by atoms with E-state index in [4.69, 9.17) is 15.9 Å². The molecule has 0 aliphatic heterocycles. The Balaban J connectivity index is 4.28. The Kier molecular flexibility index (Phi) is 5.68. The lowest BCUT2D eigenvalue weighted by atomic mass is 10.0. The van der Waals surface area contributed by atoms with Crippen molar-refractivity contribution in [1.82, 2.24) is 5.32 Å². The van der Waals surface area contributed by atoms with Crippen molar-refractivity contribution in [3.05, 3.63) is 0 Å². The summed E-state index contributed by atoms with van der Waals surface area (Å²) in [6, 6.07) is 0. The zero-order chi connectivity index (χ0) is 11.2. The van der Waals surface area contributed by atoms with Gasteiger partial charge in [-0.25, -0.2) is 0 Å². The van der Waals surface area contributed by atoms with E-state index in [1.54, 1.807) is 6.92 Å². The highest BCUT2D eigenvalue weighted by Crippen LogP contribution is 2.06. The molecule has 0 heterocycles. The van der Waals surface area contributed by atoms with E-state index in [9.17, 15) is 4.79 Å². The standard InChI is InChI=1S/C9H20N2O3/c1-3-7(4-10)8(14)11-9(2,5-12)6-13/h7,12-13H,3-6,10H2,1-2H3,(H,11,14). The van der Waals surface area contributed by atoms with Gasteiger partial charge in [-0.2, -0.15) is 0 Å². The SMILES string of the molecule is CCC(CN)C(=O)NC(C)(CO)CO. The average Bonchev–Trinajstić information content (AvgIpc) is 2.19. The normalized spacial score (nSPS) is 13.8. The number of hydrogen-bond donors (Lipinski definition) is 4. The number of hydrogen-bond acceptors (Lipinski definition) is 4. The van der Waals surface area contributed by atoms with E-state index in [2.05, 4.69) is 5.32 Å². The van der Waals surface area contributed by atoms with Crippen LogP contribution in [0.5, 0.6) is 0 Å². The molecule has 0 spiro atoms. The van der Waals surface area contributed by atoms with Gasteiger partial charge >= 0.3 is 0 Å². The third-order valence-corrected chi connectivity index (χ3v) is 2.27. The fraction of sp³-hybridized carbons (Fsp3) is 0.889. The van der Waals surface area contributed by atoms with E-state index in [1.165, 1.54) is 0 Å². The number of carbonyl (C=O) groups is 1. The lowest BCUT2D eigenvalue weighted by molar-refractivity contribution is -0.127. The number of rotatable bonds is 6. The molecule has 1 unspecified atom stereocenters. The van der Waals surface area contributed by atoms with Crippen molar-refractivity contribution in [2.24, 2.45) is 11.7 Å². The molecule has 0 radical (unpaired) electrons. The van der Waals surface area contributed by atoms with Crippen molar-refractivity contribution in [1.29, 1.82) is 0 Å². The molecule has 0 aromatic rings. The smallest absolute Gasteiger partial charge is 0.224 e. The molecule has 84 valence electrons. The molecule has 0 aromatic heterocycles. The summed E-state index contributed by atoms with van der Waals surface area (Å²) in [7, 11) is 0. The lowest BCUT2D eigenvalue weighted by Gasteiger charge is -2.28. The van der Waals surface area contributed by atoms with Crippen LogP contribution in [0.25, 0.3) is 0 Å². The highest BCUT2D eigenvalue weighted by molar-refractivity contribution is 5.79. The maximum Gasteiger partial charge on any atom is 0.224 e. The minimum atomic E-state index is -0.959. The van der Waals surface area contributed by atoms with E-state index in [0.29, 0.717) is 6.42 Å². The number of nitrogens with one attached hydrogen (secondary N) is 1. The molecular weight excluding hydrogens is 184 g/mol. The average molecular weight is 204 g/mol. The third kappa shape index (κ3) is 3.61. The molecule has 0 fully saturated rings. The molecule has 0 saturated heterocycles. The first-order valence-corrected chi connectivity index (χ1v) is 4.76. The van der Waals surface area contributed by atoms with Crippen LogP contribution < -0.4 is 11.1 Å². The second-order valence-corrected chi connectivity index (χ2v) is 3.71. The van der Waals surface area contributed by atoms with Crippen molar-refractivity contribution >= 4 is 5.91 Å². The molecule has 0 rings (SSSR count). The number of nitrogens with two attached hydrogens (primary N) is 1. The Labute approximate surface area is 84.3 Å². The predicted molar refractivity (Wildman–Crippen MR) is 53.6 cm³/mol. The summed E-state index contributed by atoms with van der Waals surface area (Å²) in [5, 5.41) is 20.5. The first-order chi connectivity index (χ1) is 6.52. The van der Waals surface area contributed by atoms with Crippen LogP contribution in [0.2, 0.25) is 0 Å². The molecule has 1 amide bonds. The molecule has 5 nitrogen and oxygen atoms in total. The van der Waals surface area contributed by atoms with E-state index in [1.807, 2.05) is 6.92 Å². The largest absolute Gasteiger partial charge is 0.394 e. The van der Waals surface area contributed by atoms with Crippen LogP contribution in [-0.4, -0.2) is 41.4 Å². The van der Waals surface area contributed by atoms with Gasteiger partial charge in [-0.1, -0.05) is 6.92 Å². The van der Waals surface area contributed by atoms with Gasteiger partial charge in [0.25, 0.3) is 0 Å². The Bertz CT molecular complexity index is 177. The zero-order valence-electron chi connectivity index (χ0n) is 8.79. The zero-order valence-corrected chi connectivity index (χ0v) is 8.79. The Hall–Kier alpha value is -0.650. The van der Waals surface area contributed by atoms with Gasteiger partial charge in [-0.15, -0.1) is 0 Å². The van der Waals surface area contributed by atoms with E-state index in [0.717, 1.165) is 0 Å². The Morgan fingerprint density at radius 2 is 2.00 bits per heavy atom. The van der Waals surface area contributed by atoms with Crippen molar-refractivity contribution < 1.29 is 15.0 Å². The molecule has 1 atom stereocenters. The van der Waals surface area contributed by atoms with Crippen LogP contribution in [0.1, 0.15) is 20.3 Å². The first-order valence-electron chi connectivity index (χ1n) is 4.76. The fourth-order valence-electron chi connectivity index (χ4n) is 0.988. The van der Waals surface area contributed by atoms with Gasteiger partial charge in [-0.05, 0) is 13.3 Å². The van der Waals surface area contributed by atoms with Gasteiger partial charge in [-0.3, -0.25) is 4.79 Å². The molecule has 14 heavy (non-hydrogen) atoms. The second-order valence-electron chi connectivity index (χ2n) is 3.71. The number of aliphatic hydroxyl groups excluding tert-OH is 2. The summed E-state index contributed by atoms with van der Waals surface area (Å²) < 4.78 is 0. The number of aliphatic hydroxyl groups is 2. The van der Waals surface area contributed by atoms with E-state index >= 15 is 0 Å². The summed E-state index contributed by atoms with van der Waals surface area (Å²) in [4.78, 5) is 11.5. The molecule has 0 bridgehead atoms. The summed E-state index contributed by atoms with van der Waals surface area (Å²) in [6.45, 7) is 3.13. The lowest BCUT2D eigenvalue weighted by Crippen LogP contribution is -2.54. The number of carbonyl (C=O) groups excluding carboxylic acids is 1. The molecule has 5 heteroatoms. The highest BCUT2D eigenvalue weighted by atomic mass is 16.3. The quantitative estimate of drug-likeness (QED) is 0.438. The van der Waals surface area contributed by atoms with Crippen molar-refractivity contribution in [3.63, 3.8) is 0 Å². The van der Waals surface area contributed by atoms with Crippen molar-refractivity contribution in [2.45, 2.75) is 25.8 Å². The molecule has 0 aliphatic carbocycles. The van der Waals surface area contributed by atoms with Crippen LogP contribution in [-0.2, 0) is 4.79 Å². The van der Waals surface area contributed by atoms with Crippen LogP contribution in [0.4, 0.5) is 0 Å². The van der Waals surface area contributed by atoms with Gasteiger partial charge in [0.1, 0.15) is 0 Å². The second kappa shape index (κ2) is 5.95. The van der Waals surface area contributed by atoms with E-state index < -0.39 is 5.54 Å². The molecular formula is C9H20N2O3. The predicted octanol–water partition coefficient (Wildman–Crippen LogP) is -1.17. The first kappa shape index (κ1) is 13.4. The number of amides is 1. The van der Waals surface area contributed by atoms with Gasteiger partial charge < -0.3 is 21.3 Å². The fourth-order valence-corrected chi connectivity index (χ4v) is 0.988. The monoisotopic (exact) mass is 204 g/mol. The summed E-state index contributed by atoms with van der Waals surface area (Å²) in [5.41, 5.74) is 4.44. The minimum absolute atomic E-state index is 0.222.